The second kappa shape index (κ2) is 10.2. The molecule has 0 fully saturated rings. The van der Waals surface area contributed by atoms with Crippen molar-refractivity contribution in [3.05, 3.63) is 133 Å². The van der Waals surface area contributed by atoms with Crippen molar-refractivity contribution in [3.63, 3.8) is 0 Å². The average Bonchev–Trinajstić information content (AvgIpc) is 2.97. The normalized spacial score (nSPS) is 10.9. The third-order valence-corrected chi connectivity index (χ3v) is 6.64. The van der Waals surface area contributed by atoms with Gasteiger partial charge in [0.2, 0.25) is 0 Å². The van der Waals surface area contributed by atoms with Crippen LogP contribution in [0.5, 0.6) is 0 Å². The maximum absolute atomic E-state index is 4.77. The number of hydrogen-bond acceptors (Lipinski definition) is 4. The van der Waals surface area contributed by atoms with Gasteiger partial charge in [0, 0.05) is 23.5 Å². The van der Waals surface area contributed by atoms with Gasteiger partial charge in [0.1, 0.15) is 0 Å². The van der Waals surface area contributed by atoms with E-state index in [0.717, 1.165) is 67.3 Å². The molecule has 0 amide bonds. The molecule has 182 valence electrons. The number of rotatable bonds is 5. The molecule has 4 heteroatoms. The second-order valence-corrected chi connectivity index (χ2v) is 9.27. The molecule has 38 heavy (non-hydrogen) atoms. The molecule has 0 unspecified atom stereocenters. The fraction of sp³-hybridized carbons (Fsp3) is 0.0588. The minimum Gasteiger partial charge on any atom is -0.261 e. The molecule has 2 aromatic heterocycles. The first-order chi connectivity index (χ1) is 18.7. The molecule has 0 spiro atoms. The minimum atomic E-state index is 0.868. The molecule has 0 saturated heterocycles. The predicted octanol–water partition coefficient (Wildman–Crippen LogP) is 8.22. The molecule has 0 saturated carbocycles. The van der Waals surface area contributed by atoms with Gasteiger partial charge < -0.3 is 0 Å². The van der Waals surface area contributed by atoms with Crippen LogP contribution in [0.1, 0.15) is 11.4 Å². The smallest absolute Gasteiger partial charge is 0.0894 e. The highest BCUT2D eigenvalue weighted by molar-refractivity contribution is 5.97. The molecule has 0 radical (unpaired) electrons. The topological polar surface area (TPSA) is 51.6 Å². The molecule has 4 aromatic carbocycles. The van der Waals surface area contributed by atoms with Crippen LogP contribution >= 0.6 is 0 Å². The van der Waals surface area contributed by atoms with Gasteiger partial charge in [-0.25, -0.2) is 9.97 Å². The Hall–Kier alpha value is -4.96. The Kier molecular flexibility index (Phi) is 6.29. The Morgan fingerprint density at radius 3 is 0.895 bits per heavy atom. The van der Waals surface area contributed by atoms with Gasteiger partial charge in [-0.1, -0.05) is 97.1 Å². The van der Waals surface area contributed by atoms with Gasteiger partial charge in [-0.3, -0.25) is 9.97 Å². The van der Waals surface area contributed by atoms with E-state index in [4.69, 9.17) is 9.97 Å². The molecular formula is C34H26N4. The summed E-state index contributed by atoms with van der Waals surface area (Å²) < 4.78 is 0. The lowest BCUT2D eigenvalue weighted by molar-refractivity contribution is 1.12. The van der Waals surface area contributed by atoms with Crippen LogP contribution in [0.2, 0.25) is 0 Å². The zero-order valence-corrected chi connectivity index (χ0v) is 21.3. The maximum atomic E-state index is 4.77. The lowest BCUT2D eigenvalue weighted by atomic mass is 9.86. The van der Waals surface area contributed by atoms with Crippen LogP contribution < -0.4 is 0 Å². The monoisotopic (exact) mass is 490 g/mol. The molecule has 0 bridgehead atoms. The zero-order valence-electron chi connectivity index (χ0n) is 21.3. The van der Waals surface area contributed by atoms with Crippen LogP contribution in [0.15, 0.2) is 122 Å². The molecule has 0 aliphatic rings. The summed E-state index contributed by atoms with van der Waals surface area (Å²) in [6.45, 7) is 3.94. The Morgan fingerprint density at radius 2 is 0.605 bits per heavy atom. The SMILES string of the molecule is Cc1cncc(-c2ccccc2-c2ccccc2-c2ccccc2-c2ccccc2-c2cncc(C)n2)n1. The fourth-order valence-corrected chi connectivity index (χ4v) is 4.97. The van der Waals surface area contributed by atoms with Crippen LogP contribution in [-0.2, 0) is 0 Å². The summed E-state index contributed by atoms with van der Waals surface area (Å²) in [4.78, 5) is 18.3. The van der Waals surface area contributed by atoms with Crippen LogP contribution in [0.25, 0.3) is 55.9 Å². The summed E-state index contributed by atoms with van der Waals surface area (Å²) in [5.74, 6) is 0. The Bertz CT molecular complexity index is 1630. The van der Waals surface area contributed by atoms with Gasteiger partial charge in [0.15, 0.2) is 0 Å². The van der Waals surface area contributed by atoms with E-state index < -0.39 is 0 Å². The molecule has 6 rings (SSSR count). The van der Waals surface area contributed by atoms with Crippen LogP contribution in [0, 0.1) is 13.8 Å². The van der Waals surface area contributed by atoms with Crippen LogP contribution in [-0.4, -0.2) is 19.9 Å². The van der Waals surface area contributed by atoms with Crippen molar-refractivity contribution in [2.75, 3.05) is 0 Å². The number of nitrogens with zero attached hydrogens (tertiary/aromatic N) is 4. The molecule has 0 aliphatic carbocycles. The summed E-state index contributed by atoms with van der Waals surface area (Å²) in [6, 6.07) is 34.0. The lowest BCUT2D eigenvalue weighted by Crippen LogP contribution is -1.95. The standard InChI is InChI=1S/C34H26N4/c1-23-19-35-21-33(37-23)31-17-9-7-15-29(31)27-13-5-3-11-25(27)26-12-4-6-14-28(26)30-16-8-10-18-32(30)34-22-36-20-24(2)38-34/h3-22H,1-2H3. The fourth-order valence-electron chi connectivity index (χ4n) is 4.97. The van der Waals surface area contributed by atoms with Crippen molar-refractivity contribution < 1.29 is 0 Å². The summed E-state index contributed by atoms with van der Waals surface area (Å²) in [6.07, 6.45) is 7.24. The maximum Gasteiger partial charge on any atom is 0.0894 e. The van der Waals surface area contributed by atoms with Crippen molar-refractivity contribution in [2.45, 2.75) is 13.8 Å². The van der Waals surface area contributed by atoms with Gasteiger partial charge in [0.05, 0.1) is 35.2 Å². The van der Waals surface area contributed by atoms with Crippen LogP contribution in [0.4, 0.5) is 0 Å². The van der Waals surface area contributed by atoms with Crippen molar-refractivity contribution >= 4 is 0 Å². The van der Waals surface area contributed by atoms with E-state index in [2.05, 4.69) is 107 Å². The lowest BCUT2D eigenvalue weighted by Gasteiger charge is -2.18. The van der Waals surface area contributed by atoms with Crippen molar-refractivity contribution in [1.82, 2.24) is 19.9 Å². The van der Waals surface area contributed by atoms with E-state index in [0.29, 0.717) is 0 Å². The number of hydrogen-bond donors (Lipinski definition) is 0. The minimum absolute atomic E-state index is 0.868. The largest absolute Gasteiger partial charge is 0.261 e. The van der Waals surface area contributed by atoms with Gasteiger partial charge in [-0.15, -0.1) is 0 Å². The molecule has 4 nitrogen and oxygen atoms in total. The molecule has 0 atom stereocenters. The van der Waals surface area contributed by atoms with Crippen molar-refractivity contribution in [3.8, 4) is 55.9 Å². The molecule has 0 N–H and O–H groups in total. The summed E-state index contributed by atoms with van der Waals surface area (Å²) >= 11 is 0. The first-order valence-electron chi connectivity index (χ1n) is 12.6. The third kappa shape index (κ3) is 4.48. The van der Waals surface area contributed by atoms with Crippen LogP contribution in [0.3, 0.4) is 0 Å². The highest BCUT2D eigenvalue weighted by Crippen LogP contribution is 2.42. The van der Waals surface area contributed by atoms with Gasteiger partial charge in [0.25, 0.3) is 0 Å². The summed E-state index contributed by atoms with van der Waals surface area (Å²) in [7, 11) is 0. The molecule has 6 aromatic rings. The summed E-state index contributed by atoms with van der Waals surface area (Å²) in [5.41, 5.74) is 12.5. The van der Waals surface area contributed by atoms with Gasteiger partial charge in [-0.05, 0) is 47.2 Å². The Labute approximate surface area is 222 Å². The second-order valence-electron chi connectivity index (χ2n) is 9.27. The van der Waals surface area contributed by atoms with Crippen molar-refractivity contribution in [1.29, 1.82) is 0 Å². The summed E-state index contributed by atoms with van der Waals surface area (Å²) in [5, 5.41) is 0. The first kappa shape index (κ1) is 23.4. The van der Waals surface area contributed by atoms with E-state index >= 15 is 0 Å². The molecule has 0 aliphatic heterocycles. The molecule has 2 heterocycles. The van der Waals surface area contributed by atoms with Gasteiger partial charge >= 0.3 is 0 Å². The highest BCUT2D eigenvalue weighted by Gasteiger charge is 2.17. The average molecular weight is 491 g/mol. The van der Waals surface area contributed by atoms with Crippen molar-refractivity contribution in [2.24, 2.45) is 0 Å². The number of aromatic nitrogens is 4. The van der Waals surface area contributed by atoms with E-state index in [1.165, 1.54) is 0 Å². The van der Waals surface area contributed by atoms with Gasteiger partial charge in [-0.2, -0.15) is 0 Å². The van der Waals surface area contributed by atoms with E-state index in [9.17, 15) is 0 Å². The predicted molar refractivity (Wildman–Crippen MR) is 154 cm³/mol. The molecular weight excluding hydrogens is 464 g/mol. The van der Waals surface area contributed by atoms with E-state index in [-0.39, 0.29) is 0 Å². The highest BCUT2D eigenvalue weighted by atomic mass is 14.8. The quantitative estimate of drug-likeness (QED) is 0.244. The Balaban J connectivity index is 1.56. The zero-order chi connectivity index (χ0) is 25.9. The van der Waals surface area contributed by atoms with E-state index in [1.54, 1.807) is 12.4 Å². The number of aryl methyl sites for hydroxylation is 2. The number of benzene rings is 4. The van der Waals surface area contributed by atoms with E-state index in [1.807, 2.05) is 26.2 Å². The third-order valence-electron chi connectivity index (χ3n) is 6.64. The first-order valence-corrected chi connectivity index (χ1v) is 12.6. The Morgan fingerprint density at radius 1 is 0.342 bits per heavy atom.